The van der Waals surface area contributed by atoms with Crippen LogP contribution in [0.1, 0.15) is 25.3 Å². The van der Waals surface area contributed by atoms with Gasteiger partial charge in [0, 0.05) is 17.3 Å². The number of amides is 1. The maximum absolute atomic E-state index is 12.2. The molecule has 6 nitrogen and oxygen atoms in total. The summed E-state index contributed by atoms with van der Waals surface area (Å²) in [6.45, 7) is 4.13. The van der Waals surface area contributed by atoms with Gasteiger partial charge in [-0.1, -0.05) is 38.1 Å². The zero-order valence-electron chi connectivity index (χ0n) is 15.2. The lowest BCUT2D eigenvalue weighted by molar-refractivity contribution is -0.118. The van der Waals surface area contributed by atoms with Crippen molar-refractivity contribution < 1.29 is 9.53 Å². The summed E-state index contributed by atoms with van der Waals surface area (Å²) in [4.78, 5) is 23.3. The molecular weight excluding hydrogens is 342 g/mol. The Hall–Kier alpha value is -3.41. The van der Waals surface area contributed by atoms with Crippen molar-refractivity contribution in [2.24, 2.45) is 0 Å². The predicted molar refractivity (Wildman–Crippen MR) is 105 cm³/mol. The van der Waals surface area contributed by atoms with Gasteiger partial charge in [0.1, 0.15) is 5.75 Å². The maximum Gasteiger partial charge on any atom is 0.264 e. The van der Waals surface area contributed by atoms with Gasteiger partial charge in [0.25, 0.3) is 11.5 Å². The SMILES string of the molecule is CC(C)c1cccc(OCC(=O)Nc2cccc(-c3ccc(=O)[nH]n3)c2)c1. The molecule has 2 N–H and O–H groups in total. The van der Waals surface area contributed by atoms with E-state index in [9.17, 15) is 9.59 Å². The number of nitrogens with one attached hydrogen (secondary N) is 2. The molecule has 0 spiro atoms. The molecule has 0 radical (unpaired) electrons. The van der Waals surface area contributed by atoms with Crippen LogP contribution in [-0.2, 0) is 4.79 Å². The minimum absolute atomic E-state index is 0.0807. The standard InChI is InChI=1S/C21H21N3O3/c1-14(2)15-5-4-8-18(12-15)27-13-21(26)22-17-7-3-6-16(11-17)19-9-10-20(25)24-23-19/h3-12,14H,13H2,1-2H3,(H,22,26)(H,24,25). The molecule has 0 aliphatic heterocycles. The van der Waals surface area contributed by atoms with Crippen molar-refractivity contribution in [2.45, 2.75) is 19.8 Å². The summed E-state index contributed by atoms with van der Waals surface area (Å²) in [5, 5.41) is 9.20. The number of H-pyrrole nitrogens is 1. The van der Waals surface area contributed by atoms with E-state index < -0.39 is 0 Å². The van der Waals surface area contributed by atoms with Crippen LogP contribution in [0.25, 0.3) is 11.3 Å². The number of rotatable bonds is 6. The van der Waals surface area contributed by atoms with Crippen molar-refractivity contribution in [1.29, 1.82) is 0 Å². The zero-order valence-corrected chi connectivity index (χ0v) is 15.2. The lowest BCUT2D eigenvalue weighted by Crippen LogP contribution is -2.20. The molecule has 0 atom stereocenters. The number of ether oxygens (including phenoxy) is 1. The van der Waals surface area contributed by atoms with Gasteiger partial charge in [-0.3, -0.25) is 9.59 Å². The molecule has 2 aromatic carbocycles. The van der Waals surface area contributed by atoms with Crippen molar-refractivity contribution in [3.8, 4) is 17.0 Å². The van der Waals surface area contributed by atoms with Crippen LogP contribution in [0.2, 0.25) is 0 Å². The highest BCUT2D eigenvalue weighted by atomic mass is 16.5. The quantitative estimate of drug-likeness (QED) is 0.701. The molecule has 27 heavy (non-hydrogen) atoms. The number of benzene rings is 2. The topological polar surface area (TPSA) is 84.1 Å². The average molecular weight is 363 g/mol. The van der Waals surface area contributed by atoms with Crippen LogP contribution in [0.5, 0.6) is 5.75 Å². The number of anilines is 1. The monoisotopic (exact) mass is 363 g/mol. The fourth-order valence-electron chi connectivity index (χ4n) is 2.57. The third-order valence-corrected chi connectivity index (χ3v) is 4.02. The smallest absolute Gasteiger partial charge is 0.264 e. The lowest BCUT2D eigenvalue weighted by Gasteiger charge is -2.11. The van der Waals surface area contributed by atoms with Crippen LogP contribution in [0.4, 0.5) is 5.69 Å². The van der Waals surface area contributed by atoms with E-state index in [1.807, 2.05) is 36.4 Å². The first-order valence-electron chi connectivity index (χ1n) is 8.70. The first-order chi connectivity index (χ1) is 13.0. The molecule has 0 aliphatic carbocycles. The van der Waals surface area contributed by atoms with Crippen LogP contribution in [0, 0.1) is 0 Å². The van der Waals surface area contributed by atoms with Crippen LogP contribution in [0.15, 0.2) is 65.5 Å². The zero-order chi connectivity index (χ0) is 19.2. The van der Waals surface area contributed by atoms with E-state index >= 15 is 0 Å². The lowest BCUT2D eigenvalue weighted by atomic mass is 10.0. The number of hydrogen-bond acceptors (Lipinski definition) is 4. The average Bonchev–Trinajstić information content (AvgIpc) is 2.67. The minimum atomic E-state index is -0.262. The Balaban J connectivity index is 1.63. The minimum Gasteiger partial charge on any atom is -0.484 e. The molecule has 1 amide bonds. The van der Waals surface area contributed by atoms with Crippen molar-refractivity contribution in [3.63, 3.8) is 0 Å². The largest absolute Gasteiger partial charge is 0.484 e. The number of hydrogen-bond donors (Lipinski definition) is 2. The van der Waals surface area contributed by atoms with Crippen LogP contribution in [-0.4, -0.2) is 22.7 Å². The van der Waals surface area contributed by atoms with E-state index in [4.69, 9.17) is 4.74 Å². The Bertz CT molecular complexity index is 975. The summed E-state index contributed by atoms with van der Waals surface area (Å²) in [6.07, 6.45) is 0. The van der Waals surface area contributed by atoms with Crippen LogP contribution >= 0.6 is 0 Å². The molecule has 1 heterocycles. The van der Waals surface area contributed by atoms with Crippen molar-refractivity contribution >= 4 is 11.6 Å². The molecule has 0 saturated heterocycles. The van der Waals surface area contributed by atoms with E-state index in [0.717, 1.165) is 11.1 Å². The fraction of sp³-hybridized carbons (Fsp3) is 0.190. The van der Waals surface area contributed by atoms with Gasteiger partial charge in [0.2, 0.25) is 0 Å². The fourth-order valence-corrected chi connectivity index (χ4v) is 2.57. The molecule has 1 aromatic heterocycles. The second-order valence-electron chi connectivity index (χ2n) is 6.45. The van der Waals surface area contributed by atoms with Crippen molar-refractivity contribution in [1.82, 2.24) is 10.2 Å². The Labute approximate surface area is 157 Å². The Kier molecular flexibility index (Phi) is 5.66. The van der Waals surface area contributed by atoms with Gasteiger partial charge in [0.05, 0.1) is 5.69 Å². The highest BCUT2D eigenvalue weighted by molar-refractivity contribution is 5.92. The van der Waals surface area contributed by atoms with Gasteiger partial charge in [-0.25, -0.2) is 5.10 Å². The summed E-state index contributed by atoms with van der Waals surface area (Å²) in [5.41, 5.74) is 2.93. The van der Waals surface area contributed by atoms with E-state index in [2.05, 4.69) is 29.4 Å². The molecule has 0 fully saturated rings. The summed E-state index contributed by atoms with van der Waals surface area (Å²) < 4.78 is 5.59. The van der Waals surface area contributed by atoms with Gasteiger partial charge in [-0.05, 0) is 41.8 Å². The van der Waals surface area contributed by atoms with Gasteiger partial charge < -0.3 is 10.1 Å². The Morgan fingerprint density at radius 3 is 2.67 bits per heavy atom. The molecule has 0 saturated carbocycles. The highest BCUT2D eigenvalue weighted by Crippen LogP contribution is 2.21. The van der Waals surface area contributed by atoms with Gasteiger partial charge in [0.15, 0.2) is 6.61 Å². The van der Waals surface area contributed by atoms with Crippen LogP contribution < -0.4 is 15.6 Å². The second kappa shape index (κ2) is 8.31. The number of aromatic amines is 1. The highest BCUT2D eigenvalue weighted by Gasteiger charge is 2.07. The van der Waals surface area contributed by atoms with Crippen LogP contribution in [0.3, 0.4) is 0 Å². The molecule has 0 bridgehead atoms. The maximum atomic E-state index is 12.2. The van der Waals surface area contributed by atoms with Gasteiger partial charge >= 0.3 is 0 Å². The van der Waals surface area contributed by atoms with E-state index in [-0.39, 0.29) is 18.1 Å². The molecule has 3 rings (SSSR count). The van der Waals surface area contributed by atoms with E-state index in [1.54, 1.807) is 18.2 Å². The Morgan fingerprint density at radius 2 is 1.93 bits per heavy atom. The molecule has 138 valence electrons. The molecule has 6 heteroatoms. The summed E-state index contributed by atoms with van der Waals surface area (Å²) in [7, 11) is 0. The van der Waals surface area contributed by atoms with Gasteiger partial charge in [-0.15, -0.1) is 0 Å². The third kappa shape index (κ3) is 5.04. The number of aromatic nitrogens is 2. The molecule has 0 aliphatic rings. The summed E-state index contributed by atoms with van der Waals surface area (Å²) in [6, 6.07) is 18.0. The van der Waals surface area contributed by atoms with Crippen molar-refractivity contribution in [3.05, 3.63) is 76.6 Å². The first-order valence-corrected chi connectivity index (χ1v) is 8.70. The first kappa shape index (κ1) is 18.4. The normalized spacial score (nSPS) is 10.6. The number of carbonyl (C=O) groups excluding carboxylic acids is 1. The number of nitrogens with zero attached hydrogens (tertiary/aromatic N) is 1. The molecule has 3 aromatic rings. The summed E-state index contributed by atoms with van der Waals surface area (Å²) >= 11 is 0. The molecule has 0 unspecified atom stereocenters. The molecular formula is C21H21N3O3. The van der Waals surface area contributed by atoms with E-state index in [0.29, 0.717) is 23.0 Å². The van der Waals surface area contributed by atoms with E-state index in [1.165, 1.54) is 6.07 Å². The Morgan fingerprint density at radius 1 is 1.11 bits per heavy atom. The predicted octanol–water partition coefficient (Wildman–Crippen LogP) is 3.58. The second-order valence-corrected chi connectivity index (χ2v) is 6.45. The third-order valence-electron chi connectivity index (χ3n) is 4.02. The number of carbonyl (C=O) groups is 1. The summed E-state index contributed by atoms with van der Waals surface area (Å²) in [5.74, 6) is 0.811. The van der Waals surface area contributed by atoms with Gasteiger partial charge in [-0.2, -0.15) is 5.10 Å². The van der Waals surface area contributed by atoms with Crippen molar-refractivity contribution in [2.75, 3.05) is 11.9 Å².